The van der Waals surface area contributed by atoms with Crippen molar-refractivity contribution in [2.45, 2.75) is 51.5 Å². The third-order valence-corrected chi connectivity index (χ3v) is 5.38. The van der Waals surface area contributed by atoms with E-state index in [1.165, 1.54) is 43.4 Å². The summed E-state index contributed by atoms with van der Waals surface area (Å²) in [5, 5.41) is 3.57. The minimum atomic E-state index is 0.308. The second-order valence-electron chi connectivity index (χ2n) is 7.25. The van der Waals surface area contributed by atoms with Crippen LogP contribution in [-0.4, -0.2) is 49.6 Å². The van der Waals surface area contributed by atoms with Gasteiger partial charge >= 0.3 is 0 Å². The predicted molar refractivity (Wildman–Crippen MR) is 99.5 cm³/mol. The number of hydrogen-bond acceptors (Lipinski definition) is 3. The number of carbonyl (C=O) groups is 1. The fraction of sp³-hybridized carbons (Fsp3) is 0.650. The minimum Gasteiger partial charge on any atom is -0.368 e. The molecule has 1 saturated carbocycles. The highest BCUT2D eigenvalue weighted by molar-refractivity contribution is 5.76. The second kappa shape index (κ2) is 8.52. The maximum atomic E-state index is 12.4. The highest BCUT2D eigenvalue weighted by Crippen LogP contribution is 2.19. The quantitative estimate of drug-likeness (QED) is 0.902. The number of nitrogens with one attached hydrogen (secondary N) is 1. The molecule has 1 amide bonds. The van der Waals surface area contributed by atoms with Crippen LogP contribution in [0.5, 0.6) is 0 Å². The van der Waals surface area contributed by atoms with E-state index in [2.05, 4.69) is 41.4 Å². The molecule has 3 rings (SSSR count). The molecule has 4 nitrogen and oxygen atoms in total. The molecule has 0 aromatic heterocycles. The van der Waals surface area contributed by atoms with Gasteiger partial charge in [-0.2, -0.15) is 0 Å². The Morgan fingerprint density at radius 3 is 2.58 bits per heavy atom. The van der Waals surface area contributed by atoms with E-state index in [1.54, 1.807) is 0 Å². The molecule has 2 fully saturated rings. The van der Waals surface area contributed by atoms with Crippen LogP contribution in [-0.2, 0) is 4.79 Å². The molecule has 1 N–H and O–H groups in total. The molecule has 2 aliphatic rings. The van der Waals surface area contributed by atoms with Crippen LogP contribution in [0.2, 0.25) is 0 Å². The van der Waals surface area contributed by atoms with Gasteiger partial charge in [-0.15, -0.1) is 0 Å². The Bertz CT molecular complexity index is 531. The second-order valence-corrected chi connectivity index (χ2v) is 7.25. The monoisotopic (exact) mass is 329 g/mol. The number of benzene rings is 1. The standard InChI is InChI=1S/C20H31N3O/c1-17-6-5-9-19(16-17)22-12-14-23(15-13-22)20(24)10-11-21-18-7-3-2-4-8-18/h5-6,9,16,18,21H,2-4,7-8,10-15H2,1H3. The fourth-order valence-corrected chi connectivity index (χ4v) is 3.89. The Hall–Kier alpha value is -1.55. The van der Waals surface area contributed by atoms with Gasteiger partial charge in [-0.3, -0.25) is 4.79 Å². The molecule has 1 saturated heterocycles. The lowest BCUT2D eigenvalue weighted by atomic mass is 9.95. The SMILES string of the molecule is Cc1cccc(N2CCN(C(=O)CCNC3CCCCC3)CC2)c1. The number of nitrogens with zero attached hydrogens (tertiary/aromatic N) is 2. The lowest BCUT2D eigenvalue weighted by Crippen LogP contribution is -2.49. The highest BCUT2D eigenvalue weighted by atomic mass is 16.2. The van der Waals surface area contributed by atoms with Crippen LogP contribution >= 0.6 is 0 Å². The van der Waals surface area contributed by atoms with Crippen LogP contribution in [0.25, 0.3) is 0 Å². The summed E-state index contributed by atoms with van der Waals surface area (Å²) in [5.74, 6) is 0.308. The molecule has 4 heteroatoms. The average Bonchev–Trinajstić information content (AvgIpc) is 2.63. The van der Waals surface area contributed by atoms with Crippen molar-refractivity contribution in [3.8, 4) is 0 Å². The van der Waals surface area contributed by atoms with Gasteiger partial charge < -0.3 is 15.1 Å². The first-order chi connectivity index (χ1) is 11.7. The van der Waals surface area contributed by atoms with Gasteiger partial charge in [0.25, 0.3) is 0 Å². The van der Waals surface area contributed by atoms with Crippen molar-refractivity contribution in [1.29, 1.82) is 0 Å². The molecule has 0 spiro atoms. The highest BCUT2D eigenvalue weighted by Gasteiger charge is 2.21. The number of anilines is 1. The van der Waals surface area contributed by atoms with E-state index < -0.39 is 0 Å². The van der Waals surface area contributed by atoms with Gasteiger partial charge in [-0.1, -0.05) is 31.4 Å². The number of aryl methyl sites for hydroxylation is 1. The van der Waals surface area contributed by atoms with Crippen LogP contribution in [0.4, 0.5) is 5.69 Å². The molecule has 132 valence electrons. The first kappa shape index (κ1) is 17.3. The molecule has 1 aromatic carbocycles. The van der Waals surface area contributed by atoms with Gasteiger partial charge in [0.05, 0.1) is 0 Å². The number of rotatable bonds is 5. The largest absolute Gasteiger partial charge is 0.368 e. The van der Waals surface area contributed by atoms with Gasteiger partial charge in [0.2, 0.25) is 5.91 Å². The fourth-order valence-electron chi connectivity index (χ4n) is 3.89. The van der Waals surface area contributed by atoms with Gasteiger partial charge in [-0.25, -0.2) is 0 Å². The summed E-state index contributed by atoms with van der Waals surface area (Å²) in [7, 11) is 0. The Morgan fingerprint density at radius 2 is 1.88 bits per heavy atom. The Kier molecular flexibility index (Phi) is 6.13. The summed E-state index contributed by atoms with van der Waals surface area (Å²) < 4.78 is 0. The molecule has 1 aliphatic heterocycles. The Labute approximate surface area is 146 Å². The van der Waals surface area contributed by atoms with Crippen molar-refractivity contribution in [2.24, 2.45) is 0 Å². The summed E-state index contributed by atoms with van der Waals surface area (Å²) >= 11 is 0. The predicted octanol–water partition coefficient (Wildman–Crippen LogP) is 2.96. The van der Waals surface area contributed by atoms with E-state index in [9.17, 15) is 4.79 Å². The van der Waals surface area contributed by atoms with Gasteiger partial charge in [-0.05, 0) is 37.5 Å². The van der Waals surface area contributed by atoms with Crippen LogP contribution in [0.1, 0.15) is 44.1 Å². The van der Waals surface area contributed by atoms with Crippen molar-refractivity contribution in [2.75, 3.05) is 37.6 Å². The Morgan fingerprint density at radius 1 is 1.12 bits per heavy atom. The number of amides is 1. The van der Waals surface area contributed by atoms with Crippen molar-refractivity contribution in [1.82, 2.24) is 10.2 Å². The van der Waals surface area contributed by atoms with E-state index in [0.717, 1.165) is 32.7 Å². The zero-order chi connectivity index (χ0) is 16.8. The van der Waals surface area contributed by atoms with Gasteiger partial charge in [0.15, 0.2) is 0 Å². The van der Waals surface area contributed by atoms with Crippen molar-refractivity contribution >= 4 is 11.6 Å². The molecule has 0 unspecified atom stereocenters. The molecule has 1 aromatic rings. The lowest BCUT2D eigenvalue weighted by molar-refractivity contribution is -0.131. The van der Waals surface area contributed by atoms with Crippen LogP contribution in [0.3, 0.4) is 0 Å². The molecule has 0 atom stereocenters. The maximum Gasteiger partial charge on any atom is 0.223 e. The van der Waals surface area contributed by atoms with E-state index in [0.29, 0.717) is 18.4 Å². The molecule has 24 heavy (non-hydrogen) atoms. The zero-order valence-electron chi connectivity index (χ0n) is 15.0. The van der Waals surface area contributed by atoms with Gasteiger partial charge in [0.1, 0.15) is 0 Å². The van der Waals surface area contributed by atoms with Gasteiger partial charge in [0, 0.05) is 50.9 Å². The first-order valence-corrected chi connectivity index (χ1v) is 9.55. The smallest absolute Gasteiger partial charge is 0.223 e. The third kappa shape index (κ3) is 4.73. The van der Waals surface area contributed by atoms with Crippen molar-refractivity contribution in [3.63, 3.8) is 0 Å². The van der Waals surface area contributed by atoms with Crippen molar-refractivity contribution in [3.05, 3.63) is 29.8 Å². The van der Waals surface area contributed by atoms with Crippen LogP contribution in [0.15, 0.2) is 24.3 Å². The molecule has 1 heterocycles. The lowest BCUT2D eigenvalue weighted by Gasteiger charge is -2.36. The zero-order valence-corrected chi connectivity index (χ0v) is 15.0. The van der Waals surface area contributed by atoms with E-state index >= 15 is 0 Å². The molecular weight excluding hydrogens is 298 g/mol. The number of piperazine rings is 1. The normalized spacial score (nSPS) is 19.5. The van der Waals surface area contributed by atoms with Crippen molar-refractivity contribution < 1.29 is 4.79 Å². The third-order valence-electron chi connectivity index (χ3n) is 5.38. The molecular formula is C20H31N3O. The maximum absolute atomic E-state index is 12.4. The summed E-state index contributed by atoms with van der Waals surface area (Å²) in [4.78, 5) is 16.8. The summed E-state index contributed by atoms with van der Waals surface area (Å²) in [6.07, 6.45) is 7.26. The van der Waals surface area contributed by atoms with E-state index in [-0.39, 0.29) is 0 Å². The summed E-state index contributed by atoms with van der Waals surface area (Å²) in [6.45, 7) is 6.52. The topological polar surface area (TPSA) is 35.6 Å². The minimum absolute atomic E-state index is 0.308. The van der Waals surface area contributed by atoms with Crippen LogP contribution in [0, 0.1) is 6.92 Å². The van der Waals surface area contributed by atoms with Crippen LogP contribution < -0.4 is 10.2 Å². The van der Waals surface area contributed by atoms with E-state index in [1.807, 2.05) is 4.90 Å². The number of carbonyl (C=O) groups excluding carboxylic acids is 1. The molecule has 0 radical (unpaired) electrons. The molecule has 0 bridgehead atoms. The number of hydrogen-bond donors (Lipinski definition) is 1. The Balaban J connectivity index is 1.38. The molecule has 1 aliphatic carbocycles. The van der Waals surface area contributed by atoms with E-state index in [4.69, 9.17) is 0 Å². The average molecular weight is 329 g/mol. The first-order valence-electron chi connectivity index (χ1n) is 9.55. The summed E-state index contributed by atoms with van der Waals surface area (Å²) in [6, 6.07) is 9.27. The summed E-state index contributed by atoms with van der Waals surface area (Å²) in [5.41, 5.74) is 2.57.